The van der Waals surface area contributed by atoms with Gasteiger partial charge in [0.1, 0.15) is 12.7 Å². The van der Waals surface area contributed by atoms with Crippen LogP contribution in [0.3, 0.4) is 0 Å². The first-order chi connectivity index (χ1) is 17.8. The highest BCUT2D eigenvalue weighted by atomic mass is 16.5. The van der Waals surface area contributed by atoms with Gasteiger partial charge in [-0.25, -0.2) is 0 Å². The van der Waals surface area contributed by atoms with E-state index in [1.54, 1.807) is 0 Å². The summed E-state index contributed by atoms with van der Waals surface area (Å²) in [6, 6.07) is 10.4. The van der Waals surface area contributed by atoms with E-state index in [-0.39, 0.29) is 30.3 Å². The third-order valence-electron chi connectivity index (χ3n) is 9.11. The maximum Gasteiger partial charge on any atom is 0.312 e. The lowest BCUT2D eigenvalue weighted by atomic mass is 9.74. The van der Waals surface area contributed by atoms with Gasteiger partial charge in [0, 0.05) is 25.0 Å². The number of rotatable bonds is 3. The maximum absolute atomic E-state index is 13.6. The number of ether oxygens (including phenoxy) is 1. The Hall–Kier alpha value is -1.96. The Labute approximate surface area is 222 Å². The van der Waals surface area contributed by atoms with E-state index in [1.165, 1.54) is 12.0 Å². The van der Waals surface area contributed by atoms with Crippen molar-refractivity contribution in [1.29, 1.82) is 0 Å². The number of carbonyl (C=O) groups is 2. The molecular weight excluding hydrogens is 468 g/mol. The van der Waals surface area contributed by atoms with Crippen molar-refractivity contribution in [3.63, 3.8) is 0 Å². The molecule has 1 aromatic carbocycles. The third-order valence-corrected chi connectivity index (χ3v) is 9.11. The summed E-state index contributed by atoms with van der Waals surface area (Å²) < 4.78 is 5.62. The van der Waals surface area contributed by atoms with Crippen molar-refractivity contribution in [1.82, 2.24) is 9.80 Å². The van der Waals surface area contributed by atoms with E-state index in [1.807, 2.05) is 11.0 Å². The predicted molar refractivity (Wildman–Crippen MR) is 143 cm³/mol. The zero-order valence-corrected chi connectivity index (χ0v) is 22.6. The van der Waals surface area contributed by atoms with Crippen LogP contribution in [0.1, 0.15) is 83.1 Å². The Kier molecular flexibility index (Phi) is 9.65. The molecule has 2 aliphatic heterocycles. The molecule has 1 amide bonds. The molecule has 7 nitrogen and oxygen atoms in total. The van der Waals surface area contributed by atoms with Crippen molar-refractivity contribution >= 4 is 11.9 Å². The van der Waals surface area contributed by atoms with Crippen LogP contribution in [0, 0.1) is 10.8 Å². The Morgan fingerprint density at radius 1 is 0.892 bits per heavy atom. The lowest BCUT2D eigenvalue weighted by Crippen LogP contribution is -2.46. The predicted octanol–water partition coefficient (Wildman–Crippen LogP) is 3.91. The van der Waals surface area contributed by atoms with Crippen molar-refractivity contribution in [2.24, 2.45) is 10.8 Å². The molecule has 2 atom stereocenters. The van der Waals surface area contributed by atoms with Crippen LogP contribution < -0.4 is 0 Å². The molecular formula is C30H46N2O5. The van der Waals surface area contributed by atoms with E-state index < -0.39 is 17.6 Å². The number of hydrogen-bond donors (Lipinski definition) is 2. The Morgan fingerprint density at radius 3 is 2.27 bits per heavy atom. The molecule has 206 valence electrons. The van der Waals surface area contributed by atoms with Gasteiger partial charge < -0.3 is 19.8 Å². The van der Waals surface area contributed by atoms with E-state index in [2.05, 4.69) is 36.1 Å². The van der Waals surface area contributed by atoms with Gasteiger partial charge in [-0.05, 0) is 63.6 Å². The molecule has 2 N–H and O–H groups in total. The number of hydrogen-bond acceptors (Lipinski definition) is 6. The zero-order valence-electron chi connectivity index (χ0n) is 22.6. The van der Waals surface area contributed by atoms with E-state index in [0.29, 0.717) is 13.1 Å². The molecule has 0 radical (unpaired) electrons. The first-order valence-corrected chi connectivity index (χ1v) is 14.4. The summed E-state index contributed by atoms with van der Waals surface area (Å²) in [5.41, 5.74) is 0.363. The normalized spacial score (nSPS) is 28.0. The lowest BCUT2D eigenvalue weighted by Gasteiger charge is -2.40. The summed E-state index contributed by atoms with van der Waals surface area (Å²) in [4.78, 5) is 31.2. The highest BCUT2D eigenvalue weighted by molar-refractivity contribution is 5.82. The van der Waals surface area contributed by atoms with Crippen LogP contribution in [0.5, 0.6) is 0 Å². The van der Waals surface area contributed by atoms with Crippen LogP contribution in [0.25, 0.3) is 0 Å². The second-order valence-electron chi connectivity index (χ2n) is 11.9. The van der Waals surface area contributed by atoms with Gasteiger partial charge in [0.25, 0.3) is 0 Å². The molecule has 7 heteroatoms. The first kappa shape index (κ1) is 28.1. The van der Waals surface area contributed by atoms with Crippen molar-refractivity contribution in [3.05, 3.63) is 35.9 Å². The molecule has 1 saturated carbocycles. The van der Waals surface area contributed by atoms with Crippen molar-refractivity contribution in [2.75, 3.05) is 32.8 Å². The highest BCUT2D eigenvalue weighted by Gasteiger charge is 2.43. The molecule has 0 unspecified atom stereocenters. The summed E-state index contributed by atoms with van der Waals surface area (Å²) >= 11 is 0. The molecule has 1 spiro atoms. The number of nitrogens with zero attached hydrogens (tertiary/aromatic N) is 2. The summed E-state index contributed by atoms with van der Waals surface area (Å²) in [7, 11) is 0. The van der Waals surface area contributed by atoms with E-state index in [4.69, 9.17) is 4.74 Å². The van der Waals surface area contributed by atoms with Crippen molar-refractivity contribution in [3.8, 4) is 0 Å². The number of aliphatic hydroxyl groups excluding tert-OH is 2. The molecule has 3 aliphatic rings. The Balaban J connectivity index is 1.42. The Bertz CT molecular complexity index is 877. The van der Waals surface area contributed by atoms with E-state index in [9.17, 15) is 19.8 Å². The smallest absolute Gasteiger partial charge is 0.312 e. The monoisotopic (exact) mass is 514 g/mol. The van der Waals surface area contributed by atoms with Crippen LogP contribution in [-0.2, 0) is 20.9 Å². The van der Waals surface area contributed by atoms with E-state index in [0.717, 1.165) is 77.4 Å². The van der Waals surface area contributed by atoms with Crippen LogP contribution >= 0.6 is 0 Å². The van der Waals surface area contributed by atoms with Crippen LogP contribution in [0.15, 0.2) is 30.3 Å². The first-order valence-electron chi connectivity index (χ1n) is 14.4. The molecule has 37 heavy (non-hydrogen) atoms. The zero-order chi connectivity index (χ0) is 26.3. The summed E-state index contributed by atoms with van der Waals surface area (Å²) in [5, 5.41) is 21.1. The fourth-order valence-electron chi connectivity index (χ4n) is 6.45. The summed E-state index contributed by atoms with van der Waals surface area (Å²) in [5.74, 6) is -0.0694. The van der Waals surface area contributed by atoms with Gasteiger partial charge in [-0.2, -0.15) is 0 Å². The fourth-order valence-corrected chi connectivity index (χ4v) is 6.45. The minimum atomic E-state index is -1.15. The average Bonchev–Trinajstić information content (AvgIpc) is 2.92. The second-order valence-corrected chi connectivity index (χ2v) is 11.9. The molecule has 0 bridgehead atoms. The number of esters is 1. The number of cyclic esters (lactones) is 1. The number of aliphatic hydroxyl groups is 2. The molecule has 4 rings (SSSR count). The van der Waals surface area contributed by atoms with Crippen molar-refractivity contribution < 1.29 is 24.5 Å². The molecule has 3 fully saturated rings. The number of piperidine rings is 1. The second kappa shape index (κ2) is 12.7. The number of carbonyl (C=O) groups excluding carboxylic acids is 2. The number of amides is 1. The quantitative estimate of drug-likeness (QED) is 0.595. The van der Waals surface area contributed by atoms with Gasteiger partial charge in [0.2, 0.25) is 5.91 Å². The van der Waals surface area contributed by atoms with Gasteiger partial charge >= 0.3 is 5.97 Å². The van der Waals surface area contributed by atoms with Gasteiger partial charge in [-0.1, -0.05) is 62.9 Å². The van der Waals surface area contributed by atoms with Crippen LogP contribution in [0.4, 0.5) is 0 Å². The highest BCUT2D eigenvalue weighted by Crippen LogP contribution is 2.40. The minimum Gasteiger partial charge on any atom is -0.462 e. The molecule has 2 heterocycles. The molecule has 2 saturated heterocycles. The van der Waals surface area contributed by atoms with Crippen LogP contribution in [-0.4, -0.2) is 76.9 Å². The fraction of sp³-hybridized carbons (Fsp3) is 0.733. The van der Waals surface area contributed by atoms with Crippen LogP contribution in [0.2, 0.25) is 0 Å². The average molecular weight is 515 g/mol. The number of benzene rings is 1. The maximum atomic E-state index is 13.6. The van der Waals surface area contributed by atoms with Crippen molar-refractivity contribution in [2.45, 2.75) is 96.3 Å². The number of likely N-dealkylation sites (tertiary alicyclic amines) is 1. The SMILES string of the molecule is CC1(C(=O)N2CCCCC3(CCN(Cc4ccccc4)CC3)C(=O)OC[C@@H](O)[C@@H](O)CC2)CCCCC1. The van der Waals surface area contributed by atoms with Gasteiger partial charge in [-0.15, -0.1) is 0 Å². The van der Waals surface area contributed by atoms with E-state index >= 15 is 0 Å². The molecule has 1 aromatic rings. The summed E-state index contributed by atoms with van der Waals surface area (Å²) in [6.45, 7) is 5.43. The Morgan fingerprint density at radius 2 is 1.57 bits per heavy atom. The molecule has 0 aromatic heterocycles. The standard InChI is InChI=1S/C30H46N2O5/c1-29(13-6-3-7-14-29)27(35)32-18-9-8-15-30(28(36)37-23-26(34)25(33)12-19-32)16-20-31(21-17-30)22-24-10-4-2-5-11-24/h2,4-5,10-11,25-26,33-34H,3,6-9,12-23H2,1H3/t25-,26+/m0/s1. The molecule has 1 aliphatic carbocycles. The topological polar surface area (TPSA) is 90.3 Å². The minimum absolute atomic E-state index is 0.181. The third kappa shape index (κ3) is 7.12. The van der Waals surface area contributed by atoms with Gasteiger partial charge in [0.05, 0.1) is 11.5 Å². The van der Waals surface area contributed by atoms with Gasteiger partial charge in [0.15, 0.2) is 0 Å². The largest absolute Gasteiger partial charge is 0.462 e. The van der Waals surface area contributed by atoms with Gasteiger partial charge in [-0.3, -0.25) is 14.5 Å². The lowest BCUT2D eigenvalue weighted by molar-refractivity contribution is -0.165. The summed E-state index contributed by atoms with van der Waals surface area (Å²) in [6.07, 6.45) is 7.11.